The van der Waals surface area contributed by atoms with Gasteiger partial charge in [-0.2, -0.15) is 14.6 Å². The summed E-state index contributed by atoms with van der Waals surface area (Å²) in [5.41, 5.74) is 4.18. The lowest BCUT2D eigenvalue weighted by Gasteiger charge is -2.04. The molecule has 0 bridgehead atoms. The first-order valence-electron chi connectivity index (χ1n) is 13.4. The van der Waals surface area contributed by atoms with Gasteiger partial charge in [-0.05, 0) is 65.7 Å². The normalized spacial score (nSPS) is 12.0. The molecule has 4 aromatic carbocycles. The van der Waals surface area contributed by atoms with E-state index in [0.29, 0.717) is 21.9 Å². The molecule has 0 saturated heterocycles. The van der Waals surface area contributed by atoms with Crippen LogP contribution in [0, 0.1) is 0 Å². The summed E-state index contributed by atoms with van der Waals surface area (Å²) in [5.74, 6) is 1.31. The van der Waals surface area contributed by atoms with E-state index in [9.17, 15) is 4.79 Å². The van der Waals surface area contributed by atoms with Crippen LogP contribution >= 0.6 is 11.3 Å². The molecule has 7 aromatic rings. The molecule has 8 heteroatoms. The summed E-state index contributed by atoms with van der Waals surface area (Å²) < 4.78 is 9.45. The molecule has 7 rings (SSSR count). The van der Waals surface area contributed by atoms with Crippen LogP contribution in [0.25, 0.3) is 50.1 Å². The molecule has 0 unspecified atom stereocenters. The third-order valence-electron chi connectivity index (χ3n) is 6.84. The van der Waals surface area contributed by atoms with Crippen LogP contribution in [0.4, 0.5) is 0 Å². The quantitative estimate of drug-likeness (QED) is 0.236. The van der Waals surface area contributed by atoms with Crippen LogP contribution in [0.1, 0.15) is 18.9 Å². The van der Waals surface area contributed by atoms with Gasteiger partial charge in [-0.25, -0.2) is 4.68 Å². The third-order valence-corrected chi connectivity index (χ3v) is 7.80. The highest BCUT2D eigenvalue weighted by Gasteiger charge is 2.15. The molecule has 0 amide bonds. The molecule has 0 N–H and O–H groups in total. The van der Waals surface area contributed by atoms with Crippen molar-refractivity contribution >= 4 is 33.1 Å². The third kappa shape index (κ3) is 4.79. The first-order valence-corrected chi connectivity index (χ1v) is 14.3. The van der Waals surface area contributed by atoms with Crippen LogP contribution in [-0.4, -0.2) is 31.0 Å². The molecule has 0 fully saturated rings. The van der Waals surface area contributed by atoms with E-state index in [2.05, 4.69) is 47.3 Å². The van der Waals surface area contributed by atoms with E-state index in [1.807, 2.05) is 83.7 Å². The van der Waals surface area contributed by atoms with Crippen molar-refractivity contribution in [2.75, 3.05) is 6.61 Å². The molecule has 7 nitrogen and oxygen atoms in total. The maximum Gasteiger partial charge on any atom is 0.291 e. The van der Waals surface area contributed by atoms with Gasteiger partial charge < -0.3 is 4.74 Å². The predicted molar refractivity (Wildman–Crippen MR) is 164 cm³/mol. The number of para-hydroxylation sites is 1. The van der Waals surface area contributed by atoms with E-state index in [0.717, 1.165) is 51.0 Å². The largest absolute Gasteiger partial charge is 0.494 e. The summed E-state index contributed by atoms with van der Waals surface area (Å²) in [4.78, 5) is 18.6. The maximum absolute atomic E-state index is 13.4. The molecular weight excluding hydrogens is 530 g/mol. The maximum atomic E-state index is 13.4. The van der Waals surface area contributed by atoms with Gasteiger partial charge in [0.05, 0.1) is 16.8 Å². The molecule has 0 radical (unpaired) electrons. The molecule has 0 aliphatic carbocycles. The monoisotopic (exact) mass is 555 g/mol. The van der Waals surface area contributed by atoms with Crippen molar-refractivity contribution in [3.63, 3.8) is 0 Å². The minimum absolute atomic E-state index is 0.205. The van der Waals surface area contributed by atoms with Crippen LogP contribution in [0.2, 0.25) is 0 Å². The van der Waals surface area contributed by atoms with Gasteiger partial charge in [0.2, 0.25) is 4.96 Å². The lowest BCUT2D eigenvalue weighted by molar-refractivity contribution is 0.317. The number of hydrogen-bond donors (Lipinski definition) is 0. The van der Waals surface area contributed by atoms with Crippen molar-refractivity contribution in [3.05, 3.63) is 124 Å². The molecule has 0 aliphatic rings. The number of fused-ring (bicyclic) bond motifs is 2. The number of benzene rings is 4. The van der Waals surface area contributed by atoms with Crippen LogP contribution in [-0.2, 0) is 0 Å². The Morgan fingerprint density at radius 2 is 1.61 bits per heavy atom. The lowest BCUT2D eigenvalue weighted by atomic mass is 10.0. The number of aromatic nitrogens is 5. The summed E-state index contributed by atoms with van der Waals surface area (Å²) in [6.45, 7) is 2.74. The topological polar surface area (TPSA) is 74.3 Å². The standard InChI is InChI=1S/C33H25N5O2S/c1-2-18-40-28-16-14-23(15-17-28)31-34-33-38(36-31)32(39)29(41-33)20-26-21-37(27-10-4-3-5-11-27)35-30(26)25-13-12-22-8-6-7-9-24(22)19-25/h3-17,19-21H,2,18H2,1H3/b29-20-. The summed E-state index contributed by atoms with van der Waals surface area (Å²) in [7, 11) is 0. The zero-order chi connectivity index (χ0) is 27.8. The summed E-state index contributed by atoms with van der Waals surface area (Å²) >= 11 is 1.32. The highest BCUT2D eigenvalue weighted by molar-refractivity contribution is 7.15. The number of nitrogens with zero attached hydrogens (tertiary/aromatic N) is 5. The second kappa shape index (κ2) is 10.5. The van der Waals surface area contributed by atoms with Crippen molar-refractivity contribution < 1.29 is 4.74 Å². The summed E-state index contributed by atoms with van der Waals surface area (Å²) in [6, 6.07) is 32.1. The molecular formula is C33H25N5O2S. The molecule has 0 aliphatic heterocycles. The lowest BCUT2D eigenvalue weighted by Crippen LogP contribution is -2.23. The van der Waals surface area contributed by atoms with E-state index in [-0.39, 0.29) is 5.56 Å². The Bertz CT molecular complexity index is 2110. The van der Waals surface area contributed by atoms with Crippen molar-refractivity contribution in [3.8, 4) is 34.1 Å². The Balaban J connectivity index is 1.30. The van der Waals surface area contributed by atoms with E-state index >= 15 is 0 Å². The smallest absolute Gasteiger partial charge is 0.291 e. The van der Waals surface area contributed by atoms with E-state index in [1.165, 1.54) is 15.9 Å². The van der Waals surface area contributed by atoms with Gasteiger partial charge in [0.15, 0.2) is 5.82 Å². The second-order valence-electron chi connectivity index (χ2n) is 9.69. The molecule has 200 valence electrons. The van der Waals surface area contributed by atoms with Gasteiger partial charge in [-0.1, -0.05) is 72.9 Å². The fourth-order valence-corrected chi connectivity index (χ4v) is 5.68. The number of rotatable bonds is 7. The Morgan fingerprint density at radius 1 is 0.854 bits per heavy atom. The first-order chi connectivity index (χ1) is 20.2. The molecule has 41 heavy (non-hydrogen) atoms. The average molecular weight is 556 g/mol. The van der Waals surface area contributed by atoms with Gasteiger partial charge in [0, 0.05) is 22.9 Å². The van der Waals surface area contributed by atoms with Gasteiger partial charge in [0.25, 0.3) is 5.56 Å². The van der Waals surface area contributed by atoms with E-state index in [1.54, 1.807) is 0 Å². The highest BCUT2D eigenvalue weighted by atomic mass is 32.1. The van der Waals surface area contributed by atoms with Gasteiger partial charge in [-0.15, -0.1) is 5.10 Å². The number of hydrogen-bond acceptors (Lipinski definition) is 6. The fraction of sp³-hybridized carbons (Fsp3) is 0.0909. The van der Waals surface area contributed by atoms with Gasteiger partial charge in [0.1, 0.15) is 11.4 Å². The number of ether oxygens (including phenoxy) is 1. The van der Waals surface area contributed by atoms with Crippen molar-refractivity contribution in [1.29, 1.82) is 0 Å². The van der Waals surface area contributed by atoms with Crippen LogP contribution < -0.4 is 14.8 Å². The zero-order valence-electron chi connectivity index (χ0n) is 22.3. The average Bonchev–Trinajstić information content (AvgIpc) is 3.71. The van der Waals surface area contributed by atoms with E-state index in [4.69, 9.17) is 9.84 Å². The van der Waals surface area contributed by atoms with Gasteiger partial charge in [-0.3, -0.25) is 4.79 Å². The Labute approximate surface area is 239 Å². The first kappa shape index (κ1) is 24.9. The SMILES string of the molecule is CCCOc1ccc(-c2nc3s/c(=C\c4cn(-c5ccccc5)nc4-c4ccc5ccccc5c4)c(=O)n3n2)cc1. The van der Waals surface area contributed by atoms with E-state index < -0.39 is 0 Å². The Hall–Kier alpha value is -5.08. The van der Waals surface area contributed by atoms with Crippen LogP contribution in [0.15, 0.2) is 108 Å². The molecule has 0 spiro atoms. The summed E-state index contributed by atoms with van der Waals surface area (Å²) in [5, 5.41) is 11.8. The van der Waals surface area contributed by atoms with Crippen LogP contribution in [0.3, 0.4) is 0 Å². The number of thiazole rings is 1. The Morgan fingerprint density at radius 3 is 2.39 bits per heavy atom. The molecule has 3 aromatic heterocycles. The molecule has 0 saturated carbocycles. The van der Waals surface area contributed by atoms with Crippen LogP contribution in [0.5, 0.6) is 5.75 Å². The highest BCUT2D eigenvalue weighted by Crippen LogP contribution is 2.28. The minimum atomic E-state index is -0.205. The second-order valence-corrected chi connectivity index (χ2v) is 10.7. The van der Waals surface area contributed by atoms with Crippen molar-refractivity contribution in [2.24, 2.45) is 0 Å². The fourth-order valence-electron chi connectivity index (χ4n) is 4.78. The predicted octanol–water partition coefficient (Wildman–Crippen LogP) is 6.16. The van der Waals surface area contributed by atoms with Crippen molar-refractivity contribution in [1.82, 2.24) is 24.4 Å². The Kier molecular flexibility index (Phi) is 6.37. The zero-order valence-corrected chi connectivity index (χ0v) is 23.1. The van der Waals surface area contributed by atoms with Crippen molar-refractivity contribution in [2.45, 2.75) is 13.3 Å². The minimum Gasteiger partial charge on any atom is -0.494 e. The van der Waals surface area contributed by atoms with Gasteiger partial charge >= 0.3 is 0 Å². The molecule has 0 atom stereocenters. The molecule has 3 heterocycles. The summed E-state index contributed by atoms with van der Waals surface area (Å²) in [6.07, 6.45) is 4.80.